The van der Waals surface area contributed by atoms with E-state index in [-0.39, 0.29) is 6.04 Å². The molecule has 92 valence electrons. The second kappa shape index (κ2) is 7.44. The van der Waals surface area contributed by atoms with Crippen LogP contribution in [-0.2, 0) is 11.3 Å². The number of furan rings is 1. The number of methoxy groups -OCH3 is 1. The molecular formula is C12H22N2O2. The molecule has 1 atom stereocenters. The van der Waals surface area contributed by atoms with Crippen LogP contribution in [0.5, 0.6) is 0 Å². The van der Waals surface area contributed by atoms with E-state index in [1.165, 1.54) is 0 Å². The minimum Gasteiger partial charge on any atom is -0.468 e. The number of hydrogen-bond acceptors (Lipinski definition) is 4. The highest BCUT2D eigenvalue weighted by Crippen LogP contribution is 2.06. The summed E-state index contributed by atoms with van der Waals surface area (Å²) in [7, 11) is 1.70. The maximum atomic E-state index is 6.01. The molecular weight excluding hydrogens is 204 g/mol. The largest absolute Gasteiger partial charge is 0.468 e. The molecule has 0 amide bonds. The highest BCUT2D eigenvalue weighted by molar-refractivity contribution is 4.97. The van der Waals surface area contributed by atoms with Gasteiger partial charge in [-0.1, -0.05) is 6.92 Å². The van der Waals surface area contributed by atoms with E-state index in [1.807, 2.05) is 12.1 Å². The van der Waals surface area contributed by atoms with E-state index < -0.39 is 0 Å². The summed E-state index contributed by atoms with van der Waals surface area (Å²) in [5, 5.41) is 0. The Morgan fingerprint density at radius 2 is 2.38 bits per heavy atom. The molecule has 4 nitrogen and oxygen atoms in total. The SMILES string of the molecule is CCN(Cc1ccco1)CC(N)CCOC. The lowest BCUT2D eigenvalue weighted by Gasteiger charge is -2.23. The highest BCUT2D eigenvalue weighted by Gasteiger charge is 2.10. The smallest absolute Gasteiger partial charge is 0.117 e. The third-order valence-electron chi connectivity index (χ3n) is 2.59. The van der Waals surface area contributed by atoms with Gasteiger partial charge < -0.3 is 14.9 Å². The van der Waals surface area contributed by atoms with Crippen LogP contribution in [0.25, 0.3) is 0 Å². The van der Waals surface area contributed by atoms with Crippen molar-refractivity contribution in [2.24, 2.45) is 5.73 Å². The Hall–Kier alpha value is -0.840. The van der Waals surface area contributed by atoms with Gasteiger partial charge in [0.2, 0.25) is 0 Å². The summed E-state index contributed by atoms with van der Waals surface area (Å²) in [6, 6.07) is 4.06. The zero-order valence-electron chi connectivity index (χ0n) is 10.2. The van der Waals surface area contributed by atoms with Crippen LogP contribution in [0.2, 0.25) is 0 Å². The van der Waals surface area contributed by atoms with E-state index in [2.05, 4.69) is 11.8 Å². The third kappa shape index (κ3) is 4.79. The molecule has 2 N–H and O–H groups in total. The predicted octanol–water partition coefficient (Wildman–Crippen LogP) is 1.47. The summed E-state index contributed by atoms with van der Waals surface area (Å²) in [6.07, 6.45) is 2.60. The molecule has 1 unspecified atom stereocenters. The fraction of sp³-hybridized carbons (Fsp3) is 0.667. The van der Waals surface area contributed by atoms with E-state index in [0.717, 1.165) is 38.4 Å². The number of likely N-dealkylation sites (N-methyl/N-ethyl adjacent to an activating group) is 1. The second-order valence-corrected chi connectivity index (χ2v) is 3.95. The molecule has 0 aliphatic rings. The zero-order chi connectivity index (χ0) is 11.8. The first-order chi connectivity index (χ1) is 7.76. The molecule has 1 aromatic rings. The van der Waals surface area contributed by atoms with Crippen molar-refractivity contribution in [3.8, 4) is 0 Å². The van der Waals surface area contributed by atoms with Crippen molar-refractivity contribution in [3.05, 3.63) is 24.2 Å². The molecule has 0 radical (unpaired) electrons. The topological polar surface area (TPSA) is 51.6 Å². The van der Waals surface area contributed by atoms with Gasteiger partial charge >= 0.3 is 0 Å². The quantitative estimate of drug-likeness (QED) is 0.729. The van der Waals surface area contributed by atoms with Gasteiger partial charge in [0, 0.05) is 26.3 Å². The summed E-state index contributed by atoms with van der Waals surface area (Å²) in [6.45, 7) is 5.53. The minimum absolute atomic E-state index is 0.162. The molecule has 4 heteroatoms. The number of nitrogens with zero attached hydrogens (tertiary/aromatic N) is 1. The predicted molar refractivity (Wildman–Crippen MR) is 64.1 cm³/mol. The molecule has 0 saturated carbocycles. The lowest BCUT2D eigenvalue weighted by molar-refractivity contribution is 0.172. The van der Waals surface area contributed by atoms with E-state index in [1.54, 1.807) is 13.4 Å². The highest BCUT2D eigenvalue weighted by atomic mass is 16.5. The third-order valence-corrected chi connectivity index (χ3v) is 2.59. The Balaban J connectivity index is 2.31. The second-order valence-electron chi connectivity index (χ2n) is 3.95. The van der Waals surface area contributed by atoms with Crippen molar-refractivity contribution in [3.63, 3.8) is 0 Å². The van der Waals surface area contributed by atoms with Crippen molar-refractivity contribution in [2.75, 3.05) is 26.8 Å². The Morgan fingerprint density at radius 1 is 1.56 bits per heavy atom. The molecule has 0 aromatic carbocycles. The minimum atomic E-state index is 0.162. The molecule has 0 fully saturated rings. The van der Waals surface area contributed by atoms with Crippen LogP contribution in [0.15, 0.2) is 22.8 Å². The molecule has 0 aliphatic heterocycles. The van der Waals surface area contributed by atoms with Gasteiger partial charge in [-0.15, -0.1) is 0 Å². The van der Waals surface area contributed by atoms with Crippen LogP contribution in [0.1, 0.15) is 19.1 Å². The maximum Gasteiger partial charge on any atom is 0.117 e. The van der Waals surface area contributed by atoms with Gasteiger partial charge in [0.05, 0.1) is 12.8 Å². The van der Waals surface area contributed by atoms with Crippen molar-refractivity contribution in [2.45, 2.75) is 25.9 Å². The van der Waals surface area contributed by atoms with Gasteiger partial charge in [0.15, 0.2) is 0 Å². The van der Waals surface area contributed by atoms with Gasteiger partial charge in [-0.05, 0) is 25.1 Å². The van der Waals surface area contributed by atoms with Crippen LogP contribution < -0.4 is 5.73 Å². The average Bonchev–Trinajstić information content (AvgIpc) is 2.78. The van der Waals surface area contributed by atoms with E-state index in [0.29, 0.717) is 0 Å². The molecule has 16 heavy (non-hydrogen) atoms. The number of ether oxygens (including phenoxy) is 1. The van der Waals surface area contributed by atoms with Crippen LogP contribution in [-0.4, -0.2) is 37.7 Å². The zero-order valence-corrected chi connectivity index (χ0v) is 10.2. The lowest BCUT2D eigenvalue weighted by Crippen LogP contribution is -2.37. The van der Waals surface area contributed by atoms with Gasteiger partial charge in [-0.2, -0.15) is 0 Å². The summed E-state index contributed by atoms with van der Waals surface area (Å²) in [5.74, 6) is 0.987. The van der Waals surface area contributed by atoms with Crippen molar-refractivity contribution in [1.82, 2.24) is 4.90 Å². The lowest BCUT2D eigenvalue weighted by atomic mass is 10.2. The molecule has 0 aliphatic carbocycles. The van der Waals surface area contributed by atoms with Crippen LogP contribution in [0.3, 0.4) is 0 Å². The van der Waals surface area contributed by atoms with Crippen molar-refractivity contribution < 1.29 is 9.15 Å². The first-order valence-electron chi connectivity index (χ1n) is 5.75. The van der Waals surface area contributed by atoms with Gasteiger partial charge in [0.1, 0.15) is 5.76 Å². The van der Waals surface area contributed by atoms with E-state index in [4.69, 9.17) is 14.9 Å². The fourth-order valence-corrected chi connectivity index (χ4v) is 1.62. The Labute approximate surface area is 97.4 Å². The normalized spacial score (nSPS) is 13.2. The first kappa shape index (κ1) is 13.2. The number of nitrogens with two attached hydrogens (primary N) is 1. The summed E-state index contributed by atoms with van der Waals surface area (Å²) in [4.78, 5) is 2.28. The molecule has 0 spiro atoms. The Kier molecular flexibility index (Phi) is 6.15. The maximum absolute atomic E-state index is 6.01. The average molecular weight is 226 g/mol. The fourth-order valence-electron chi connectivity index (χ4n) is 1.62. The van der Waals surface area contributed by atoms with Crippen LogP contribution >= 0.6 is 0 Å². The summed E-state index contributed by atoms with van der Waals surface area (Å²) < 4.78 is 10.3. The van der Waals surface area contributed by atoms with Crippen molar-refractivity contribution in [1.29, 1.82) is 0 Å². The molecule has 1 heterocycles. The summed E-state index contributed by atoms with van der Waals surface area (Å²) >= 11 is 0. The van der Waals surface area contributed by atoms with Crippen LogP contribution in [0, 0.1) is 0 Å². The molecule has 0 bridgehead atoms. The molecule has 1 aromatic heterocycles. The monoisotopic (exact) mass is 226 g/mol. The van der Waals surface area contributed by atoms with Crippen LogP contribution in [0.4, 0.5) is 0 Å². The van der Waals surface area contributed by atoms with Gasteiger partial charge in [-0.25, -0.2) is 0 Å². The van der Waals surface area contributed by atoms with E-state index >= 15 is 0 Å². The Morgan fingerprint density at radius 3 is 2.94 bits per heavy atom. The van der Waals surface area contributed by atoms with Gasteiger partial charge in [0.25, 0.3) is 0 Å². The van der Waals surface area contributed by atoms with E-state index in [9.17, 15) is 0 Å². The Bertz CT molecular complexity index is 262. The standard InChI is InChI=1S/C12H22N2O2/c1-3-14(9-11(13)6-8-15-2)10-12-5-4-7-16-12/h4-5,7,11H,3,6,8-10,13H2,1-2H3. The van der Waals surface area contributed by atoms with Gasteiger partial charge in [-0.3, -0.25) is 4.90 Å². The first-order valence-corrected chi connectivity index (χ1v) is 5.75. The molecule has 0 saturated heterocycles. The molecule has 1 rings (SSSR count). The van der Waals surface area contributed by atoms with Crippen molar-refractivity contribution >= 4 is 0 Å². The summed E-state index contributed by atoms with van der Waals surface area (Å²) in [5.41, 5.74) is 6.01. The number of rotatable bonds is 8. The number of hydrogen-bond donors (Lipinski definition) is 1.